The van der Waals surface area contributed by atoms with E-state index in [-0.39, 0.29) is 23.7 Å². The standard InChI is InChI=1S/C22H30ClN3O2/c1-16(2)20(27)26-13-18-12-24(11-17-7-3-4-8-19(17)23)14-22(18,15-26)21(28)25-9-5-6-10-25/h3-4,7-8,16,18H,5-6,9-15H2,1-2H3/t18-,22-/m1/s1. The first-order valence-electron chi connectivity index (χ1n) is 10.4. The van der Waals surface area contributed by atoms with Crippen LogP contribution in [-0.4, -0.2) is 65.8 Å². The molecule has 3 fully saturated rings. The number of fused-ring (bicyclic) bond motifs is 1. The van der Waals surface area contributed by atoms with Crippen molar-refractivity contribution in [3.05, 3.63) is 34.9 Å². The molecule has 2 atom stereocenters. The van der Waals surface area contributed by atoms with Gasteiger partial charge in [0.2, 0.25) is 11.8 Å². The van der Waals surface area contributed by atoms with Crippen molar-refractivity contribution in [2.45, 2.75) is 33.2 Å². The van der Waals surface area contributed by atoms with E-state index in [1.165, 1.54) is 0 Å². The number of carbonyl (C=O) groups is 2. The zero-order chi connectivity index (χ0) is 19.9. The highest BCUT2D eigenvalue weighted by molar-refractivity contribution is 6.31. The highest BCUT2D eigenvalue weighted by Gasteiger charge is 2.59. The number of likely N-dealkylation sites (tertiary alicyclic amines) is 3. The molecule has 0 saturated carbocycles. The van der Waals surface area contributed by atoms with Gasteiger partial charge in [-0.15, -0.1) is 0 Å². The van der Waals surface area contributed by atoms with E-state index in [4.69, 9.17) is 11.6 Å². The average Bonchev–Trinajstić information content (AvgIpc) is 3.37. The van der Waals surface area contributed by atoms with Crippen LogP contribution in [0.1, 0.15) is 32.3 Å². The Morgan fingerprint density at radius 3 is 2.50 bits per heavy atom. The predicted octanol–water partition coefficient (Wildman–Crippen LogP) is 2.88. The summed E-state index contributed by atoms with van der Waals surface area (Å²) in [4.78, 5) is 32.6. The summed E-state index contributed by atoms with van der Waals surface area (Å²) < 4.78 is 0. The van der Waals surface area contributed by atoms with Gasteiger partial charge in [0.1, 0.15) is 0 Å². The van der Waals surface area contributed by atoms with Gasteiger partial charge in [-0.25, -0.2) is 0 Å². The van der Waals surface area contributed by atoms with E-state index in [1.807, 2.05) is 41.8 Å². The molecule has 0 radical (unpaired) electrons. The predicted molar refractivity (Wildman–Crippen MR) is 110 cm³/mol. The molecule has 5 nitrogen and oxygen atoms in total. The van der Waals surface area contributed by atoms with Gasteiger partial charge in [0.05, 0.1) is 5.41 Å². The number of benzene rings is 1. The highest BCUT2D eigenvalue weighted by atomic mass is 35.5. The van der Waals surface area contributed by atoms with Crippen LogP contribution in [0.15, 0.2) is 24.3 Å². The summed E-state index contributed by atoms with van der Waals surface area (Å²) in [6.07, 6.45) is 2.18. The van der Waals surface area contributed by atoms with Crippen molar-refractivity contribution < 1.29 is 9.59 Å². The van der Waals surface area contributed by atoms with Gasteiger partial charge in [-0.2, -0.15) is 0 Å². The summed E-state index contributed by atoms with van der Waals surface area (Å²) in [5, 5.41) is 0.774. The van der Waals surface area contributed by atoms with E-state index in [2.05, 4.69) is 11.0 Å². The van der Waals surface area contributed by atoms with E-state index in [1.54, 1.807) is 0 Å². The minimum Gasteiger partial charge on any atom is -0.342 e. The van der Waals surface area contributed by atoms with Gasteiger partial charge in [0.15, 0.2) is 0 Å². The fraction of sp³-hybridized carbons (Fsp3) is 0.636. The smallest absolute Gasteiger partial charge is 0.232 e. The first-order chi connectivity index (χ1) is 13.4. The molecule has 1 aromatic rings. The van der Waals surface area contributed by atoms with Crippen molar-refractivity contribution in [3.63, 3.8) is 0 Å². The molecule has 0 unspecified atom stereocenters. The Kier molecular flexibility index (Phi) is 5.41. The second kappa shape index (κ2) is 7.68. The van der Waals surface area contributed by atoms with Gasteiger partial charge in [-0.3, -0.25) is 14.5 Å². The van der Waals surface area contributed by atoms with Crippen molar-refractivity contribution in [3.8, 4) is 0 Å². The van der Waals surface area contributed by atoms with Crippen LogP contribution >= 0.6 is 11.6 Å². The van der Waals surface area contributed by atoms with Gasteiger partial charge in [0, 0.05) is 62.7 Å². The first kappa shape index (κ1) is 19.7. The molecule has 0 spiro atoms. The van der Waals surface area contributed by atoms with E-state index in [0.717, 1.165) is 49.6 Å². The van der Waals surface area contributed by atoms with Crippen molar-refractivity contribution in [1.29, 1.82) is 0 Å². The second-order valence-electron chi connectivity index (χ2n) is 8.99. The van der Waals surface area contributed by atoms with Gasteiger partial charge >= 0.3 is 0 Å². The molecular weight excluding hydrogens is 374 g/mol. The highest BCUT2D eigenvalue weighted by Crippen LogP contribution is 2.45. The van der Waals surface area contributed by atoms with Crippen LogP contribution in [-0.2, 0) is 16.1 Å². The van der Waals surface area contributed by atoms with Crippen molar-refractivity contribution in [2.24, 2.45) is 17.3 Å². The van der Waals surface area contributed by atoms with E-state index < -0.39 is 5.41 Å². The lowest BCUT2D eigenvalue weighted by Crippen LogP contribution is -2.49. The summed E-state index contributed by atoms with van der Waals surface area (Å²) in [5.41, 5.74) is 0.638. The minimum atomic E-state index is -0.462. The lowest BCUT2D eigenvalue weighted by atomic mass is 9.79. The molecule has 3 heterocycles. The molecular formula is C22H30ClN3O2. The molecule has 0 aromatic heterocycles. The lowest BCUT2D eigenvalue weighted by molar-refractivity contribution is -0.142. The van der Waals surface area contributed by atoms with Gasteiger partial charge in [-0.1, -0.05) is 43.6 Å². The Bertz CT molecular complexity index is 762. The Hall–Kier alpha value is -1.59. The van der Waals surface area contributed by atoms with Crippen molar-refractivity contribution >= 4 is 23.4 Å². The molecule has 28 heavy (non-hydrogen) atoms. The third kappa shape index (κ3) is 3.43. The summed E-state index contributed by atoms with van der Waals surface area (Å²) in [6.45, 7) is 9.14. The molecule has 0 bridgehead atoms. The molecule has 0 N–H and O–H groups in total. The van der Waals surface area contributed by atoms with Crippen molar-refractivity contribution in [1.82, 2.24) is 14.7 Å². The second-order valence-corrected chi connectivity index (χ2v) is 9.39. The number of hydrogen-bond acceptors (Lipinski definition) is 3. The lowest BCUT2D eigenvalue weighted by Gasteiger charge is -2.32. The maximum Gasteiger partial charge on any atom is 0.232 e. The summed E-state index contributed by atoms with van der Waals surface area (Å²) in [6, 6.07) is 7.92. The molecule has 4 rings (SSSR count). The van der Waals surface area contributed by atoms with Crippen LogP contribution in [0.3, 0.4) is 0 Å². The van der Waals surface area contributed by atoms with Crippen LogP contribution in [0.2, 0.25) is 5.02 Å². The first-order valence-corrected chi connectivity index (χ1v) is 10.8. The fourth-order valence-corrected chi connectivity index (χ4v) is 5.42. The SMILES string of the molecule is CC(C)C(=O)N1C[C@H]2CN(Cc3ccccc3Cl)C[C@@]2(C(=O)N2CCCC2)C1. The number of rotatable bonds is 4. The molecule has 2 amide bonds. The number of hydrogen-bond donors (Lipinski definition) is 0. The zero-order valence-corrected chi connectivity index (χ0v) is 17.6. The molecule has 1 aromatic carbocycles. The van der Waals surface area contributed by atoms with Crippen LogP contribution in [0, 0.1) is 17.3 Å². The van der Waals surface area contributed by atoms with E-state index >= 15 is 0 Å². The van der Waals surface area contributed by atoms with Gasteiger partial charge < -0.3 is 9.80 Å². The average molecular weight is 404 g/mol. The molecule has 3 aliphatic heterocycles. The molecule has 0 aliphatic carbocycles. The normalized spacial score (nSPS) is 27.6. The Morgan fingerprint density at radius 1 is 1.11 bits per heavy atom. The van der Waals surface area contributed by atoms with E-state index in [0.29, 0.717) is 19.6 Å². The van der Waals surface area contributed by atoms with Gasteiger partial charge in [-0.05, 0) is 24.5 Å². The number of amides is 2. The quantitative estimate of drug-likeness (QED) is 0.776. The molecule has 3 saturated heterocycles. The third-order valence-corrected chi connectivity index (χ3v) is 7.02. The molecule has 3 aliphatic rings. The maximum atomic E-state index is 13.6. The third-order valence-electron chi connectivity index (χ3n) is 6.66. The van der Waals surface area contributed by atoms with E-state index in [9.17, 15) is 9.59 Å². The Balaban J connectivity index is 1.56. The fourth-order valence-electron chi connectivity index (χ4n) is 5.23. The monoisotopic (exact) mass is 403 g/mol. The van der Waals surface area contributed by atoms with Gasteiger partial charge in [0.25, 0.3) is 0 Å². The number of carbonyl (C=O) groups excluding carboxylic acids is 2. The van der Waals surface area contributed by atoms with Crippen LogP contribution in [0.4, 0.5) is 0 Å². The summed E-state index contributed by atoms with van der Waals surface area (Å²) in [7, 11) is 0. The summed E-state index contributed by atoms with van der Waals surface area (Å²) >= 11 is 6.37. The van der Waals surface area contributed by atoms with Crippen LogP contribution in [0.5, 0.6) is 0 Å². The molecule has 6 heteroatoms. The molecule has 152 valence electrons. The minimum absolute atomic E-state index is 0.0306. The number of halogens is 1. The zero-order valence-electron chi connectivity index (χ0n) is 16.9. The number of nitrogens with zero attached hydrogens (tertiary/aromatic N) is 3. The Morgan fingerprint density at radius 2 is 1.82 bits per heavy atom. The Labute approximate surface area is 172 Å². The van der Waals surface area contributed by atoms with Crippen LogP contribution in [0.25, 0.3) is 0 Å². The topological polar surface area (TPSA) is 43.9 Å². The maximum absolute atomic E-state index is 13.6. The van der Waals surface area contributed by atoms with Crippen LogP contribution < -0.4 is 0 Å². The summed E-state index contributed by atoms with van der Waals surface area (Å²) in [5.74, 6) is 0.596. The largest absolute Gasteiger partial charge is 0.342 e. The van der Waals surface area contributed by atoms with Crippen molar-refractivity contribution in [2.75, 3.05) is 39.3 Å².